The molecule has 5 nitrogen and oxygen atoms in total. The Kier molecular flexibility index (Phi) is 2.76. The lowest BCUT2D eigenvalue weighted by Gasteiger charge is -2.01. The maximum absolute atomic E-state index is 11.7. The molecule has 5 heteroatoms. The molecular weight excluding hydrogens is 204 g/mol. The van der Waals surface area contributed by atoms with Crippen LogP contribution in [0.4, 0.5) is 5.69 Å². The van der Waals surface area contributed by atoms with Crippen LogP contribution in [0.2, 0.25) is 0 Å². The van der Waals surface area contributed by atoms with Crippen molar-refractivity contribution in [1.82, 2.24) is 15.2 Å². The molecule has 2 aromatic heterocycles. The van der Waals surface area contributed by atoms with E-state index in [9.17, 15) is 4.79 Å². The van der Waals surface area contributed by atoms with Crippen LogP contribution in [0.5, 0.6) is 0 Å². The number of amides is 1. The number of carbonyl (C=O) groups is 1. The highest BCUT2D eigenvalue weighted by Gasteiger charge is 2.07. The highest BCUT2D eigenvalue weighted by molar-refractivity contribution is 5.92. The third kappa shape index (κ3) is 2.31. The summed E-state index contributed by atoms with van der Waals surface area (Å²) in [6, 6.07) is 1.96. The van der Waals surface area contributed by atoms with Gasteiger partial charge in [0.25, 0.3) is 0 Å². The van der Waals surface area contributed by atoms with Gasteiger partial charge in [-0.3, -0.25) is 9.89 Å². The molecule has 0 spiro atoms. The molecule has 0 fully saturated rings. The van der Waals surface area contributed by atoms with E-state index in [4.69, 9.17) is 0 Å². The quantitative estimate of drug-likeness (QED) is 0.731. The maximum atomic E-state index is 11.7. The molecular formula is C11H14N4O. The molecule has 0 saturated carbocycles. The second-order valence-electron chi connectivity index (χ2n) is 3.82. The minimum atomic E-state index is -0.0384. The first-order valence-corrected chi connectivity index (χ1v) is 5.09. The number of hydrogen-bond donors (Lipinski definition) is 3. The van der Waals surface area contributed by atoms with E-state index >= 15 is 0 Å². The number of nitrogens with zero attached hydrogens (tertiary/aromatic N) is 1. The molecule has 0 bridgehead atoms. The minimum absolute atomic E-state index is 0.0384. The highest BCUT2D eigenvalue weighted by atomic mass is 16.1. The molecule has 0 aromatic carbocycles. The summed E-state index contributed by atoms with van der Waals surface area (Å²) in [4.78, 5) is 14.7. The van der Waals surface area contributed by atoms with Crippen molar-refractivity contribution in [2.24, 2.45) is 0 Å². The van der Waals surface area contributed by atoms with Crippen LogP contribution in [0.1, 0.15) is 17.0 Å². The number of rotatable bonds is 3. The Labute approximate surface area is 93.3 Å². The fourth-order valence-corrected chi connectivity index (χ4v) is 1.53. The van der Waals surface area contributed by atoms with Gasteiger partial charge in [-0.2, -0.15) is 5.10 Å². The van der Waals surface area contributed by atoms with Gasteiger partial charge in [0.1, 0.15) is 0 Å². The number of anilines is 1. The molecule has 0 atom stereocenters. The van der Waals surface area contributed by atoms with Gasteiger partial charge in [-0.05, 0) is 25.5 Å². The van der Waals surface area contributed by atoms with Gasteiger partial charge in [0.05, 0.1) is 24.0 Å². The van der Waals surface area contributed by atoms with E-state index in [1.54, 1.807) is 6.20 Å². The molecule has 2 aromatic rings. The van der Waals surface area contributed by atoms with Crippen LogP contribution >= 0.6 is 0 Å². The molecule has 0 radical (unpaired) electrons. The molecule has 2 rings (SSSR count). The predicted molar refractivity (Wildman–Crippen MR) is 61.2 cm³/mol. The van der Waals surface area contributed by atoms with Gasteiger partial charge in [-0.1, -0.05) is 0 Å². The Hall–Kier alpha value is -2.04. The molecule has 0 aliphatic heterocycles. The van der Waals surface area contributed by atoms with Crippen LogP contribution in [-0.2, 0) is 11.2 Å². The van der Waals surface area contributed by atoms with Gasteiger partial charge in [0.2, 0.25) is 5.91 Å². The number of aromatic nitrogens is 3. The number of H-pyrrole nitrogens is 2. The molecule has 84 valence electrons. The Morgan fingerprint density at radius 1 is 1.50 bits per heavy atom. The largest absolute Gasteiger partial charge is 0.365 e. The van der Waals surface area contributed by atoms with Gasteiger partial charge in [-0.15, -0.1) is 0 Å². The molecule has 0 aliphatic carbocycles. The second-order valence-corrected chi connectivity index (χ2v) is 3.82. The van der Waals surface area contributed by atoms with Gasteiger partial charge in [-0.25, -0.2) is 0 Å². The van der Waals surface area contributed by atoms with Crippen molar-refractivity contribution in [2.45, 2.75) is 20.3 Å². The summed E-state index contributed by atoms with van der Waals surface area (Å²) in [5.74, 6) is -0.0384. The van der Waals surface area contributed by atoms with Crippen molar-refractivity contribution < 1.29 is 4.79 Å². The van der Waals surface area contributed by atoms with Crippen molar-refractivity contribution in [3.8, 4) is 0 Å². The van der Waals surface area contributed by atoms with Crippen LogP contribution in [0.15, 0.2) is 18.5 Å². The monoisotopic (exact) mass is 218 g/mol. The normalized spacial score (nSPS) is 10.4. The second kappa shape index (κ2) is 4.22. The first kappa shape index (κ1) is 10.5. The first-order valence-electron chi connectivity index (χ1n) is 5.09. The van der Waals surface area contributed by atoms with Crippen LogP contribution in [0, 0.1) is 13.8 Å². The van der Waals surface area contributed by atoms with E-state index in [0.717, 1.165) is 22.6 Å². The zero-order valence-electron chi connectivity index (χ0n) is 9.29. The zero-order valence-corrected chi connectivity index (χ0v) is 9.29. The van der Waals surface area contributed by atoms with Gasteiger partial charge >= 0.3 is 0 Å². The molecule has 0 aliphatic rings. The Morgan fingerprint density at radius 2 is 2.31 bits per heavy atom. The summed E-state index contributed by atoms with van der Waals surface area (Å²) in [7, 11) is 0. The summed E-state index contributed by atoms with van der Waals surface area (Å²) >= 11 is 0. The van der Waals surface area contributed by atoms with Crippen molar-refractivity contribution >= 4 is 11.6 Å². The van der Waals surface area contributed by atoms with Crippen molar-refractivity contribution in [1.29, 1.82) is 0 Å². The molecule has 0 unspecified atom stereocenters. The number of carbonyl (C=O) groups excluding carboxylic acids is 1. The summed E-state index contributed by atoms with van der Waals surface area (Å²) in [5.41, 5.74) is 3.63. The van der Waals surface area contributed by atoms with Crippen molar-refractivity contribution in [3.63, 3.8) is 0 Å². The maximum Gasteiger partial charge on any atom is 0.228 e. The molecule has 0 saturated heterocycles. The number of aromatic amines is 2. The third-order valence-electron chi connectivity index (χ3n) is 2.36. The average Bonchev–Trinajstić information content (AvgIpc) is 2.77. The van der Waals surface area contributed by atoms with E-state index in [1.807, 2.05) is 26.1 Å². The van der Waals surface area contributed by atoms with Gasteiger partial charge < -0.3 is 10.3 Å². The predicted octanol–water partition coefficient (Wildman–Crippen LogP) is 1.54. The lowest BCUT2D eigenvalue weighted by molar-refractivity contribution is -0.115. The van der Waals surface area contributed by atoms with E-state index in [2.05, 4.69) is 20.5 Å². The van der Waals surface area contributed by atoms with E-state index in [1.165, 1.54) is 0 Å². The molecule has 1 amide bonds. The van der Waals surface area contributed by atoms with Crippen LogP contribution in [0.25, 0.3) is 0 Å². The van der Waals surface area contributed by atoms with Crippen LogP contribution in [0.3, 0.4) is 0 Å². The molecule has 2 heterocycles. The standard InChI is InChI=1S/C11H14N4O/c1-7-3-9(5-12-7)4-11(16)14-10-6-13-15-8(10)2/h3,5-6,12H,4H2,1-2H3,(H,13,15)(H,14,16). The summed E-state index contributed by atoms with van der Waals surface area (Å²) in [5, 5.41) is 9.41. The van der Waals surface area contributed by atoms with E-state index < -0.39 is 0 Å². The van der Waals surface area contributed by atoms with E-state index in [-0.39, 0.29) is 5.91 Å². The lowest BCUT2D eigenvalue weighted by Crippen LogP contribution is -2.14. The zero-order chi connectivity index (χ0) is 11.5. The fraction of sp³-hybridized carbons (Fsp3) is 0.273. The van der Waals surface area contributed by atoms with Crippen molar-refractivity contribution in [2.75, 3.05) is 5.32 Å². The number of aryl methyl sites for hydroxylation is 2. The SMILES string of the molecule is Cc1cc(CC(=O)Nc2cn[nH]c2C)c[nH]1. The summed E-state index contributed by atoms with van der Waals surface area (Å²) in [6.07, 6.45) is 3.82. The Balaban J connectivity index is 1.97. The van der Waals surface area contributed by atoms with Crippen LogP contribution < -0.4 is 5.32 Å². The third-order valence-corrected chi connectivity index (χ3v) is 2.36. The smallest absolute Gasteiger partial charge is 0.228 e. The topological polar surface area (TPSA) is 73.6 Å². The summed E-state index contributed by atoms with van der Waals surface area (Å²) < 4.78 is 0. The highest BCUT2D eigenvalue weighted by Crippen LogP contribution is 2.10. The fourth-order valence-electron chi connectivity index (χ4n) is 1.53. The molecule has 16 heavy (non-hydrogen) atoms. The first-order chi connectivity index (χ1) is 7.65. The average molecular weight is 218 g/mol. The number of nitrogens with one attached hydrogen (secondary N) is 3. The summed E-state index contributed by atoms with van der Waals surface area (Å²) in [6.45, 7) is 3.82. The van der Waals surface area contributed by atoms with Crippen LogP contribution in [-0.4, -0.2) is 21.1 Å². The van der Waals surface area contributed by atoms with E-state index in [0.29, 0.717) is 6.42 Å². The molecule has 3 N–H and O–H groups in total. The van der Waals surface area contributed by atoms with Gasteiger partial charge in [0, 0.05) is 11.9 Å². The Bertz CT molecular complexity index is 498. The minimum Gasteiger partial charge on any atom is -0.365 e. The van der Waals surface area contributed by atoms with Crippen molar-refractivity contribution in [3.05, 3.63) is 35.4 Å². The van der Waals surface area contributed by atoms with Gasteiger partial charge in [0.15, 0.2) is 0 Å². The Morgan fingerprint density at radius 3 is 2.88 bits per heavy atom. The number of hydrogen-bond acceptors (Lipinski definition) is 2. The lowest BCUT2D eigenvalue weighted by atomic mass is 10.2.